The summed E-state index contributed by atoms with van der Waals surface area (Å²) in [5.41, 5.74) is 2.92. The highest BCUT2D eigenvalue weighted by molar-refractivity contribution is 7.98. The topological polar surface area (TPSA) is 55.4 Å². The lowest BCUT2D eigenvalue weighted by molar-refractivity contribution is -0.140. The van der Waals surface area contributed by atoms with E-state index < -0.39 is 11.9 Å². The van der Waals surface area contributed by atoms with Crippen molar-refractivity contribution in [1.29, 1.82) is 0 Å². The zero-order valence-electron chi connectivity index (χ0n) is 16.9. The molecule has 4 nitrogen and oxygen atoms in total. The maximum Gasteiger partial charge on any atom is 0.343 e. The number of nitrogens with one attached hydrogen (secondary N) is 1. The van der Waals surface area contributed by atoms with Crippen LogP contribution in [0.5, 0.6) is 0 Å². The van der Waals surface area contributed by atoms with E-state index in [1.165, 1.54) is 0 Å². The van der Waals surface area contributed by atoms with Gasteiger partial charge in [0.05, 0.1) is 6.61 Å². The van der Waals surface area contributed by atoms with Gasteiger partial charge in [0.2, 0.25) is 0 Å². The van der Waals surface area contributed by atoms with E-state index in [1.54, 1.807) is 30.8 Å². The molecule has 0 unspecified atom stereocenters. The summed E-state index contributed by atoms with van der Waals surface area (Å²) in [5.74, 6) is -0.0852. The second-order valence-electron chi connectivity index (χ2n) is 6.22. The van der Waals surface area contributed by atoms with Gasteiger partial charge in [-0.3, -0.25) is 4.79 Å². The summed E-state index contributed by atoms with van der Waals surface area (Å²) in [4.78, 5) is 25.0. The molecular weight excluding hydrogens is 382 g/mol. The largest absolute Gasteiger partial charge is 0.462 e. The average Bonchev–Trinajstić information content (AvgIpc) is 2.75. The molecule has 2 aromatic rings. The molecule has 0 heterocycles. The van der Waals surface area contributed by atoms with Gasteiger partial charge in [0, 0.05) is 6.54 Å². The Morgan fingerprint density at radius 1 is 0.966 bits per heavy atom. The van der Waals surface area contributed by atoms with E-state index in [0.29, 0.717) is 6.54 Å². The maximum atomic E-state index is 12.6. The zero-order valence-corrected chi connectivity index (χ0v) is 17.7. The highest BCUT2D eigenvalue weighted by Crippen LogP contribution is 2.23. The van der Waals surface area contributed by atoms with Gasteiger partial charge in [-0.1, -0.05) is 66.7 Å². The van der Waals surface area contributed by atoms with Crippen molar-refractivity contribution in [1.82, 2.24) is 5.32 Å². The van der Waals surface area contributed by atoms with E-state index in [9.17, 15) is 9.59 Å². The molecule has 1 amide bonds. The Kier molecular flexibility index (Phi) is 9.80. The third-order valence-corrected chi connectivity index (χ3v) is 4.83. The van der Waals surface area contributed by atoms with E-state index in [1.807, 2.05) is 66.9 Å². The first-order valence-electron chi connectivity index (χ1n) is 9.64. The predicted octanol–water partition coefficient (Wildman–Crippen LogP) is 4.48. The van der Waals surface area contributed by atoms with Gasteiger partial charge in [-0.25, -0.2) is 4.79 Å². The molecule has 0 spiro atoms. The first-order valence-corrected chi connectivity index (χ1v) is 11.0. The number of esters is 1. The van der Waals surface area contributed by atoms with Crippen LogP contribution in [-0.2, 0) is 14.3 Å². The summed E-state index contributed by atoms with van der Waals surface area (Å²) in [6, 6.07) is 19.7. The molecule has 0 aromatic heterocycles. The van der Waals surface area contributed by atoms with Crippen molar-refractivity contribution in [3.05, 3.63) is 89.5 Å². The number of carbonyl (C=O) groups excluding carboxylic acids is 2. The normalized spacial score (nSPS) is 10.9. The molecule has 0 atom stereocenters. The Hall–Kier alpha value is -2.79. The Balaban J connectivity index is 2.37. The standard InChI is InChI=1S/C24H27NO3S/c1-3-28-24(27)22(23(26)25-17-10-18-29-2)16-15-21(19-11-6-4-7-12-19)20-13-8-5-9-14-20/h4-9,11-16H,3,10,17-18H2,1-2H3,(H,25,26)/b22-16-. The SMILES string of the molecule is CCOC(=O)/C(=C\C=C(c1ccccc1)c1ccccc1)C(=O)NCCCSC. The molecule has 5 heteroatoms. The average molecular weight is 410 g/mol. The first-order chi connectivity index (χ1) is 14.2. The van der Waals surface area contributed by atoms with Crippen LogP contribution in [0.1, 0.15) is 24.5 Å². The Morgan fingerprint density at radius 3 is 2.07 bits per heavy atom. The fraction of sp³-hybridized carbons (Fsp3) is 0.250. The minimum absolute atomic E-state index is 0.000337. The second kappa shape index (κ2) is 12.6. The summed E-state index contributed by atoms with van der Waals surface area (Å²) in [5, 5.41) is 2.81. The van der Waals surface area contributed by atoms with E-state index in [4.69, 9.17) is 4.74 Å². The minimum atomic E-state index is -0.619. The molecule has 0 aliphatic carbocycles. The van der Waals surface area contributed by atoms with E-state index >= 15 is 0 Å². The second-order valence-corrected chi connectivity index (χ2v) is 7.20. The highest BCUT2D eigenvalue weighted by atomic mass is 32.2. The molecule has 0 aliphatic rings. The van der Waals surface area contributed by atoms with Crippen LogP contribution in [0.15, 0.2) is 78.4 Å². The van der Waals surface area contributed by atoms with Gasteiger partial charge >= 0.3 is 5.97 Å². The summed E-state index contributed by atoms with van der Waals surface area (Å²) in [6.45, 7) is 2.45. The molecule has 2 rings (SSSR count). The zero-order chi connectivity index (χ0) is 20.9. The van der Waals surface area contributed by atoms with Gasteiger partial charge < -0.3 is 10.1 Å². The van der Waals surface area contributed by atoms with Gasteiger partial charge in [-0.05, 0) is 48.1 Å². The Bertz CT molecular complexity index is 803. The van der Waals surface area contributed by atoms with Gasteiger partial charge in [0.1, 0.15) is 5.57 Å². The summed E-state index contributed by atoms with van der Waals surface area (Å²) < 4.78 is 5.09. The van der Waals surface area contributed by atoms with Gasteiger partial charge in [-0.2, -0.15) is 11.8 Å². The van der Waals surface area contributed by atoms with Crippen LogP contribution in [0.3, 0.4) is 0 Å². The molecule has 152 valence electrons. The van der Waals surface area contributed by atoms with Crippen molar-refractivity contribution in [2.45, 2.75) is 13.3 Å². The van der Waals surface area contributed by atoms with Crippen LogP contribution in [0.4, 0.5) is 0 Å². The number of thioether (sulfide) groups is 1. The van der Waals surface area contributed by atoms with Crippen LogP contribution in [0.25, 0.3) is 5.57 Å². The third kappa shape index (κ3) is 7.27. The monoisotopic (exact) mass is 409 g/mol. The number of hydrogen-bond acceptors (Lipinski definition) is 4. The Morgan fingerprint density at radius 2 is 1.55 bits per heavy atom. The smallest absolute Gasteiger partial charge is 0.343 e. The van der Waals surface area contributed by atoms with Gasteiger partial charge in [-0.15, -0.1) is 0 Å². The van der Waals surface area contributed by atoms with E-state index in [0.717, 1.165) is 28.9 Å². The lowest BCUT2D eigenvalue weighted by Gasteiger charge is -2.10. The quantitative estimate of drug-likeness (QED) is 0.157. The predicted molar refractivity (Wildman–Crippen MR) is 121 cm³/mol. The van der Waals surface area contributed by atoms with Gasteiger partial charge in [0.25, 0.3) is 5.91 Å². The molecular formula is C24H27NO3S. The summed E-state index contributed by atoms with van der Waals surface area (Å²) in [7, 11) is 0. The van der Waals surface area contributed by atoms with Crippen LogP contribution in [-0.4, -0.2) is 37.0 Å². The van der Waals surface area contributed by atoms with Crippen molar-refractivity contribution < 1.29 is 14.3 Å². The van der Waals surface area contributed by atoms with Crippen molar-refractivity contribution >= 4 is 29.2 Å². The number of allylic oxidation sites excluding steroid dienone is 2. The molecule has 0 radical (unpaired) electrons. The number of amides is 1. The molecule has 29 heavy (non-hydrogen) atoms. The van der Waals surface area contributed by atoms with Crippen molar-refractivity contribution in [3.8, 4) is 0 Å². The number of ether oxygens (including phenoxy) is 1. The van der Waals surface area contributed by atoms with Crippen LogP contribution < -0.4 is 5.32 Å². The lowest BCUT2D eigenvalue weighted by Crippen LogP contribution is -2.30. The Labute approximate surface area is 177 Å². The molecule has 0 saturated carbocycles. The maximum absolute atomic E-state index is 12.6. The fourth-order valence-corrected chi connectivity index (χ4v) is 3.15. The van der Waals surface area contributed by atoms with E-state index in [-0.39, 0.29) is 12.2 Å². The summed E-state index contributed by atoms with van der Waals surface area (Å²) in [6.07, 6.45) is 6.22. The molecule has 2 aromatic carbocycles. The van der Waals surface area contributed by atoms with Crippen LogP contribution in [0.2, 0.25) is 0 Å². The van der Waals surface area contributed by atoms with Gasteiger partial charge in [0.15, 0.2) is 0 Å². The van der Waals surface area contributed by atoms with Crippen molar-refractivity contribution in [2.75, 3.05) is 25.2 Å². The molecule has 0 bridgehead atoms. The fourth-order valence-electron chi connectivity index (χ4n) is 2.72. The van der Waals surface area contributed by atoms with Crippen molar-refractivity contribution in [3.63, 3.8) is 0 Å². The highest BCUT2D eigenvalue weighted by Gasteiger charge is 2.18. The molecule has 0 aliphatic heterocycles. The number of carbonyl (C=O) groups is 2. The van der Waals surface area contributed by atoms with E-state index in [2.05, 4.69) is 5.32 Å². The molecule has 1 N–H and O–H groups in total. The molecule has 0 fully saturated rings. The summed E-state index contributed by atoms with van der Waals surface area (Å²) >= 11 is 1.72. The molecule has 0 saturated heterocycles. The number of rotatable bonds is 10. The number of benzene rings is 2. The van der Waals surface area contributed by atoms with Crippen molar-refractivity contribution in [2.24, 2.45) is 0 Å². The third-order valence-electron chi connectivity index (χ3n) is 4.14. The number of hydrogen-bond donors (Lipinski definition) is 1. The lowest BCUT2D eigenvalue weighted by atomic mass is 9.97. The van der Waals surface area contributed by atoms with Crippen LogP contribution in [0, 0.1) is 0 Å². The first kappa shape index (κ1) is 22.5. The minimum Gasteiger partial charge on any atom is -0.462 e. The van der Waals surface area contributed by atoms with Crippen LogP contribution >= 0.6 is 11.8 Å².